The molecule has 2 aromatic rings. The molecule has 2 heterocycles. The Kier molecular flexibility index (Phi) is 5.55. The average molecular weight is 386 g/mol. The Morgan fingerprint density at radius 1 is 1.16 bits per heavy atom. The van der Waals surface area contributed by atoms with E-state index in [2.05, 4.69) is 20.1 Å². The first-order chi connectivity index (χ1) is 11.9. The summed E-state index contributed by atoms with van der Waals surface area (Å²) in [4.78, 5) is 8.45. The van der Waals surface area contributed by atoms with Gasteiger partial charge in [0.2, 0.25) is 0 Å². The van der Waals surface area contributed by atoms with Crippen LogP contribution in [-0.2, 0) is 12.7 Å². The highest BCUT2D eigenvalue weighted by molar-refractivity contribution is 7.80. The SMILES string of the molecule is FC(F)(F)c1ccc(CN2CCN(C(=S)Nc3nccs3)CC2)cc1. The summed E-state index contributed by atoms with van der Waals surface area (Å²) in [5.74, 6) is 0. The van der Waals surface area contributed by atoms with E-state index < -0.39 is 11.7 Å². The Morgan fingerprint density at radius 3 is 2.40 bits per heavy atom. The molecular formula is C16H17F3N4S2. The Balaban J connectivity index is 1.48. The molecule has 0 atom stereocenters. The fraction of sp³-hybridized carbons (Fsp3) is 0.375. The molecule has 1 N–H and O–H groups in total. The minimum absolute atomic E-state index is 0.611. The molecule has 1 saturated heterocycles. The zero-order valence-corrected chi connectivity index (χ0v) is 14.9. The topological polar surface area (TPSA) is 31.4 Å². The lowest BCUT2D eigenvalue weighted by Gasteiger charge is -2.36. The van der Waals surface area contributed by atoms with Gasteiger partial charge >= 0.3 is 6.18 Å². The maximum atomic E-state index is 12.6. The van der Waals surface area contributed by atoms with E-state index in [1.54, 1.807) is 18.3 Å². The van der Waals surface area contributed by atoms with Crippen molar-refractivity contribution in [2.75, 3.05) is 31.5 Å². The number of rotatable bonds is 3. The van der Waals surface area contributed by atoms with Crippen LogP contribution in [0.25, 0.3) is 0 Å². The number of thiocarbonyl (C=S) groups is 1. The Morgan fingerprint density at radius 2 is 1.84 bits per heavy atom. The molecule has 0 amide bonds. The van der Waals surface area contributed by atoms with Crippen LogP contribution in [0.4, 0.5) is 18.3 Å². The summed E-state index contributed by atoms with van der Waals surface area (Å²) < 4.78 is 37.8. The van der Waals surface area contributed by atoms with Gasteiger partial charge in [-0.15, -0.1) is 11.3 Å². The normalized spacial score (nSPS) is 16.0. The third-order valence-electron chi connectivity index (χ3n) is 3.99. The molecule has 0 unspecified atom stereocenters. The third kappa shape index (κ3) is 4.90. The van der Waals surface area contributed by atoms with Crippen molar-refractivity contribution in [2.24, 2.45) is 0 Å². The van der Waals surface area contributed by atoms with Crippen LogP contribution in [0.1, 0.15) is 11.1 Å². The highest BCUT2D eigenvalue weighted by Gasteiger charge is 2.30. The Hall–Kier alpha value is -1.71. The lowest BCUT2D eigenvalue weighted by atomic mass is 10.1. The van der Waals surface area contributed by atoms with Gasteiger partial charge in [0.1, 0.15) is 0 Å². The quantitative estimate of drug-likeness (QED) is 0.814. The number of thiazole rings is 1. The number of piperazine rings is 1. The molecule has 1 aliphatic rings. The summed E-state index contributed by atoms with van der Waals surface area (Å²) in [6.45, 7) is 3.80. The molecule has 0 saturated carbocycles. The van der Waals surface area contributed by atoms with Crippen molar-refractivity contribution in [1.82, 2.24) is 14.8 Å². The fourth-order valence-electron chi connectivity index (χ4n) is 2.62. The van der Waals surface area contributed by atoms with E-state index in [9.17, 15) is 13.2 Å². The smallest absolute Gasteiger partial charge is 0.346 e. The van der Waals surface area contributed by atoms with Gasteiger partial charge in [-0.3, -0.25) is 4.90 Å². The first-order valence-electron chi connectivity index (χ1n) is 7.76. The van der Waals surface area contributed by atoms with Crippen LogP contribution < -0.4 is 5.32 Å². The molecule has 1 aromatic heterocycles. The fourth-order valence-corrected chi connectivity index (χ4v) is 3.49. The molecular weight excluding hydrogens is 369 g/mol. The molecule has 9 heteroatoms. The molecule has 0 bridgehead atoms. The lowest BCUT2D eigenvalue weighted by molar-refractivity contribution is -0.137. The molecule has 25 heavy (non-hydrogen) atoms. The number of nitrogens with one attached hydrogen (secondary N) is 1. The lowest BCUT2D eigenvalue weighted by Crippen LogP contribution is -2.49. The van der Waals surface area contributed by atoms with Crippen LogP contribution in [0, 0.1) is 0 Å². The van der Waals surface area contributed by atoms with Crippen LogP contribution in [0.3, 0.4) is 0 Å². The van der Waals surface area contributed by atoms with Crippen molar-refractivity contribution in [1.29, 1.82) is 0 Å². The number of halogens is 3. The van der Waals surface area contributed by atoms with Gasteiger partial charge in [0.25, 0.3) is 0 Å². The largest absolute Gasteiger partial charge is 0.416 e. The minimum atomic E-state index is -4.29. The van der Waals surface area contributed by atoms with Gasteiger partial charge in [0.15, 0.2) is 10.2 Å². The molecule has 3 rings (SSSR count). The highest BCUT2D eigenvalue weighted by atomic mass is 32.1. The van der Waals surface area contributed by atoms with Crippen molar-refractivity contribution in [2.45, 2.75) is 12.7 Å². The Labute approximate surface area is 153 Å². The van der Waals surface area contributed by atoms with Gasteiger partial charge in [0, 0.05) is 44.3 Å². The zero-order valence-electron chi connectivity index (χ0n) is 13.3. The second-order valence-electron chi connectivity index (χ2n) is 5.73. The summed E-state index contributed by atoms with van der Waals surface area (Å²) in [5, 5.41) is 6.43. The van der Waals surface area contributed by atoms with Crippen LogP contribution in [-0.4, -0.2) is 46.1 Å². The molecule has 4 nitrogen and oxygen atoms in total. The number of aromatic nitrogens is 1. The van der Waals surface area contributed by atoms with Crippen molar-refractivity contribution in [3.05, 3.63) is 47.0 Å². The van der Waals surface area contributed by atoms with E-state index in [1.165, 1.54) is 11.3 Å². The van der Waals surface area contributed by atoms with Crippen LogP contribution >= 0.6 is 23.6 Å². The third-order valence-corrected chi connectivity index (χ3v) is 5.04. The van der Waals surface area contributed by atoms with Crippen LogP contribution in [0.2, 0.25) is 0 Å². The van der Waals surface area contributed by atoms with Crippen molar-refractivity contribution in [3.63, 3.8) is 0 Å². The monoisotopic (exact) mass is 386 g/mol. The number of benzene rings is 1. The van der Waals surface area contributed by atoms with Gasteiger partial charge < -0.3 is 10.2 Å². The second-order valence-corrected chi connectivity index (χ2v) is 7.01. The predicted molar refractivity (Wildman–Crippen MR) is 96.6 cm³/mol. The predicted octanol–water partition coefficient (Wildman–Crippen LogP) is 3.68. The first-order valence-corrected chi connectivity index (χ1v) is 9.04. The number of alkyl halides is 3. The molecule has 1 fully saturated rings. The van der Waals surface area contributed by atoms with Gasteiger partial charge in [0.05, 0.1) is 5.56 Å². The van der Waals surface area contributed by atoms with E-state index >= 15 is 0 Å². The molecule has 1 aliphatic heterocycles. The number of anilines is 1. The van der Waals surface area contributed by atoms with Gasteiger partial charge in [-0.2, -0.15) is 13.2 Å². The molecule has 134 valence electrons. The zero-order chi connectivity index (χ0) is 17.9. The molecule has 0 spiro atoms. The summed E-state index contributed by atoms with van der Waals surface area (Å²) in [6.07, 6.45) is -2.57. The van der Waals surface area contributed by atoms with Gasteiger partial charge in [-0.25, -0.2) is 4.98 Å². The van der Waals surface area contributed by atoms with E-state index in [4.69, 9.17) is 12.2 Å². The summed E-state index contributed by atoms with van der Waals surface area (Å²) in [6, 6.07) is 5.37. The summed E-state index contributed by atoms with van der Waals surface area (Å²) in [5.41, 5.74) is 0.268. The van der Waals surface area contributed by atoms with E-state index in [1.807, 2.05) is 5.38 Å². The van der Waals surface area contributed by atoms with Crippen LogP contribution in [0.5, 0.6) is 0 Å². The maximum absolute atomic E-state index is 12.6. The average Bonchev–Trinajstić information content (AvgIpc) is 3.08. The highest BCUT2D eigenvalue weighted by Crippen LogP contribution is 2.29. The van der Waals surface area contributed by atoms with E-state index in [0.717, 1.165) is 49.0 Å². The maximum Gasteiger partial charge on any atom is 0.416 e. The summed E-state index contributed by atoms with van der Waals surface area (Å²) >= 11 is 6.89. The summed E-state index contributed by atoms with van der Waals surface area (Å²) in [7, 11) is 0. The minimum Gasteiger partial charge on any atom is -0.346 e. The number of hydrogen-bond donors (Lipinski definition) is 1. The first kappa shape index (κ1) is 18.1. The molecule has 1 aromatic carbocycles. The molecule has 0 aliphatic carbocycles. The van der Waals surface area contributed by atoms with Crippen LogP contribution in [0.15, 0.2) is 35.8 Å². The van der Waals surface area contributed by atoms with Gasteiger partial charge in [-0.1, -0.05) is 12.1 Å². The van der Waals surface area contributed by atoms with Crippen molar-refractivity contribution in [3.8, 4) is 0 Å². The number of hydrogen-bond acceptors (Lipinski definition) is 4. The Bertz CT molecular complexity index is 693. The van der Waals surface area contributed by atoms with E-state index in [-0.39, 0.29) is 0 Å². The number of nitrogens with zero attached hydrogens (tertiary/aromatic N) is 3. The molecule has 0 radical (unpaired) electrons. The van der Waals surface area contributed by atoms with E-state index in [0.29, 0.717) is 11.7 Å². The van der Waals surface area contributed by atoms with Crippen molar-refractivity contribution < 1.29 is 13.2 Å². The van der Waals surface area contributed by atoms with Gasteiger partial charge in [-0.05, 0) is 29.9 Å². The van der Waals surface area contributed by atoms with Crippen molar-refractivity contribution >= 4 is 33.8 Å². The standard InChI is InChI=1S/C16H17F3N4S2/c17-16(18,19)13-3-1-12(2-4-13)11-22-6-8-23(9-7-22)15(24)21-14-20-5-10-25-14/h1-5,10H,6-9,11H2,(H,20,21,24). The second kappa shape index (κ2) is 7.67.